The number of hydrogen-bond acceptors (Lipinski definition) is 6. The van der Waals surface area contributed by atoms with Crippen molar-refractivity contribution >= 4 is 29.1 Å². The Morgan fingerprint density at radius 1 is 0.974 bits per heavy atom. The summed E-state index contributed by atoms with van der Waals surface area (Å²) in [6.45, 7) is 0.889. The lowest BCUT2D eigenvalue weighted by Gasteiger charge is -2.30. The van der Waals surface area contributed by atoms with Crippen molar-refractivity contribution in [3.63, 3.8) is 0 Å². The third-order valence-corrected chi connectivity index (χ3v) is 7.52. The van der Waals surface area contributed by atoms with Crippen molar-refractivity contribution in [1.29, 1.82) is 0 Å². The molecule has 8 nitrogen and oxygen atoms in total. The van der Waals surface area contributed by atoms with E-state index in [4.69, 9.17) is 42.8 Å². The zero-order chi connectivity index (χ0) is 27.4. The summed E-state index contributed by atoms with van der Waals surface area (Å²) in [6, 6.07) is 14.5. The number of carbonyl (C=O) groups is 1. The zero-order valence-corrected chi connectivity index (χ0v) is 23.3. The lowest BCUT2D eigenvalue weighted by atomic mass is 10.1. The number of methoxy groups -OCH3 is 2. The lowest BCUT2D eigenvalue weighted by molar-refractivity contribution is 0.0668. The van der Waals surface area contributed by atoms with Gasteiger partial charge in [-0.3, -0.25) is 9.78 Å². The first-order valence-electron chi connectivity index (χ1n) is 12.8. The van der Waals surface area contributed by atoms with Crippen molar-refractivity contribution in [2.24, 2.45) is 0 Å². The fourth-order valence-corrected chi connectivity index (χ4v) is 5.42. The molecule has 0 atom stereocenters. The number of halogens is 2. The van der Waals surface area contributed by atoms with Gasteiger partial charge in [0.2, 0.25) is 0 Å². The molecule has 0 N–H and O–H groups in total. The van der Waals surface area contributed by atoms with E-state index < -0.39 is 0 Å². The van der Waals surface area contributed by atoms with E-state index in [0.29, 0.717) is 51.8 Å². The second-order valence-electron chi connectivity index (χ2n) is 9.35. The van der Waals surface area contributed by atoms with Crippen LogP contribution < -0.4 is 9.47 Å². The highest BCUT2D eigenvalue weighted by molar-refractivity contribution is 6.32. The van der Waals surface area contributed by atoms with Gasteiger partial charge in [-0.1, -0.05) is 36.0 Å². The SMILES string of the molecule is COc1ccc(-c2nc(-c3ccncc3)nn2CCN(C(=O)c2ccc(Cl)cc2OC)C2CCCC2)cc1Cl. The molecule has 39 heavy (non-hydrogen) atoms. The number of benzene rings is 2. The van der Waals surface area contributed by atoms with E-state index in [1.54, 1.807) is 44.8 Å². The highest BCUT2D eigenvalue weighted by Crippen LogP contribution is 2.32. The number of pyridine rings is 1. The molecule has 2 aromatic heterocycles. The number of carbonyl (C=O) groups excluding carboxylic acids is 1. The molecular formula is C29H29Cl2N5O3. The van der Waals surface area contributed by atoms with Gasteiger partial charge in [0.15, 0.2) is 11.6 Å². The number of amides is 1. The molecule has 1 aliphatic rings. The summed E-state index contributed by atoms with van der Waals surface area (Å²) in [6.07, 6.45) is 7.53. The average Bonchev–Trinajstić information content (AvgIpc) is 3.64. The van der Waals surface area contributed by atoms with Gasteiger partial charge in [0, 0.05) is 41.1 Å². The van der Waals surface area contributed by atoms with Crippen molar-refractivity contribution in [3.8, 4) is 34.3 Å². The van der Waals surface area contributed by atoms with Gasteiger partial charge < -0.3 is 14.4 Å². The largest absolute Gasteiger partial charge is 0.496 e. The molecule has 1 saturated carbocycles. The summed E-state index contributed by atoms with van der Waals surface area (Å²) < 4.78 is 12.7. The summed E-state index contributed by atoms with van der Waals surface area (Å²) in [5, 5.41) is 5.83. The van der Waals surface area contributed by atoms with E-state index >= 15 is 0 Å². The van der Waals surface area contributed by atoms with Crippen molar-refractivity contribution in [1.82, 2.24) is 24.6 Å². The molecule has 4 aromatic rings. The Labute approximate surface area is 237 Å². The van der Waals surface area contributed by atoms with Crippen molar-refractivity contribution in [3.05, 3.63) is 76.5 Å². The number of rotatable bonds is 9. The Balaban J connectivity index is 1.49. The standard InChI is InChI=1S/C29H29Cl2N5O3/c1-38-25-10-7-20(17-24(25)31)28-33-27(19-11-13-32-14-12-19)34-36(28)16-15-35(22-5-3-4-6-22)29(37)23-9-8-21(30)18-26(23)39-2/h7-14,17-18,22H,3-6,15-16H2,1-2H3. The van der Waals surface area contributed by atoms with Gasteiger partial charge in [0.1, 0.15) is 11.5 Å². The van der Waals surface area contributed by atoms with Gasteiger partial charge in [-0.25, -0.2) is 9.67 Å². The molecule has 0 bridgehead atoms. The van der Waals surface area contributed by atoms with E-state index in [9.17, 15) is 4.79 Å². The van der Waals surface area contributed by atoms with Crippen LogP contribution in [0.1, 0.15) is 36.0 Å². The van der Waals surface area contributed by atoms with Gasteiger partial charge >= 0.3 is 0 Å². The molecule has 5 rings (SSSR count). The molecular weight excluding hydrogens is 537 g/mol. The molecule has 0 saturated heterocycles. The molecule has 0 aliphatic heterocycles. The van der Waals surface area contributed by atoms with Crippen LogP contribution in [0.2, 0.25) is 10.0 Å². The van der Waals surface area contributed by atoms with Crippen molar-refractivity contribution in [2.45, 2.75) is 38.3 Å². The summed E-state index contributed by atoms with van der Waals surface area (Å²) in [5.41, 5.74) is 2.14. The minimum atomic E-state index is -0.0843. The monoisotopic (exact) mass is 565 g/mol. The summed E-state index contributed by atoms with van der Waals surface area (Å²) >= 11 is 12.6. The maximum Gasteiger partial charge on any atom is 0.257 e. The Morgan fingerprint density at radius 3 is 2.41 bits per heavy atom. The number of hydrogen-bond donors (Lipinski definition) is 0. The van der Waals surface area contributed by atoms with E-state index in [-0.39, 0.29) is 11.9 Å². The van der Waals surface area contributed by atoms with E-state index in [1.165, 1.54) is 0 Å². The summed E-state index contributed by atoms with van der Waals surface area (Å²) in [4.78, 5) is 24.8. The third kappa shape index (κ3) is 5.87. The van der Waals surface area contributed by atoms with Crippen LogP contribution in [0.25, 0.3) is 22.8 Å². The molecule has 0 spiro atoms. The molecule has 0 radical (unpaired) electrons. The molecule has 0 unspecified atom stereocenters. The second kappa shape index (κ2) is 12.1. The highest BCUT2D eigenvalue weighted by Gasteiger charge is 2.29. The average molecular weight is 566 g/mol. The first-order chi connectivity index (χ1) is 19.0. The van der Waals surface area contributed by atoms with Crippen LogP contribution in [0, 0.1) is 0 Å². The van der Waals surface area contributed by atoms with Crippen LogP contribution >= 0.6 is 23.2 Å². The summed E-state index contributed by atoms with van der Waals surface area (Å²) in [7, 11) is 3.12. The molecule has 2 heterocycles. The predicted octanol–water partition coefficient (Wildman–Crippen LogP) is 6.42. The summed E-state index contributed by atoms with van der Waals surface area (Å²) in [5.74, 6) is 2.17. The fraction of sp³-hybridized carbons (Fsp3) is 0.310. The Hall–Kier alpha value is -3.62. The highest BCUT2D eigenvalue weighted by atomic mass is 35.5. The number of aromatic nitrogens is 4. The minimum absolute atomic E-state index is 0.0843. The molecule has 10 heteroatoms. The van der Waals surface area contributed by atoms with Crippen LogP contribution in [0.4, 0.5) is 0 Å². The van der Waals surface area contributed by atoms with Crippen LogP contribution in [-0.4, -0.2) is 57.4 Å². The van der Waals surface area contributed by atoms with Gasteiger partial charge in [-0.2, -0.15) is 5.10 Å². The molecule has 1 fully saturated rings. The van der Waals surface area contributed by atoms with E-state index in [0.717, 1.165) is 36.8 Å². The van der Waals surface area contributed by atoms with Crippen molar-refractivity contribution < 1.29 is 14.3 Å². The van der Waals surface area contributed by atoms with Crippen LogP contribution in [0.15, 0.2) is 60.9 Å². The minimum Gasteiger partial charge on any atom is -0.496 e. The third-order valence-electron chi connectivity index (χ3n) is 6.99. The molecule has 2 aromatic carbocycles. The van der Waals surface area contributed by atoms with Gasteiger partial charge in [-0.15, -0.1) is 0 Å². The second-order valence-corrected chi connectivity index (χ2v) is 10.2. The number of ether oxygens (including phenoxy) is 2. The molecule has 1 aliphatic carbocycles. The van der Waals surface area contributed by atoms with E-state index in [1.807, 2.05) is 39.9 Å². The smallest absolute Gasteiger partial charge is 0.257 e. The number of nitrogens with zero attached hydrogens (tertiary/aromatic N) is 5. The van der Waals surface area contributed by atoms with Crippen LogP contribution in [-0.2, 0) is 6.54 Å². The maximum atomic E-state index is 13.9. The Morgan fingerprint density at radius 2 is 1.72 bits per heavy atom. The van der Waals surface area contributed by atoms with E-state index in [2.05, 4.69) is 4.98 Å². The first kappa shape index (κ1) is 27.0. The van der Waals surface area contributed by atoms with Crippen LogP contribution in [0.3, 0.4) is 0 Å². The van der Waals surface area contributed by atoms with Gasteiger partial charge in [0.05, 0.1) is 31.4 Å². The van der Waals surface area contributed by atoms with Gasteiger partial charge in [0.25, 0.3) is 5.91 Å². The Bertz CT molecular complexity index is 1450. The zero-order valence-electron chi connectivity index (χ0n) is 21.8. The predicted molar refractivity (Wildman–Crippen MR) is 152 cm³/mol. The molecule has 202 valence electrons. The topological polar surface area (TPSA) is 82.4 Å². The van der Waals surface area contributed by atoms with Gasteiger partial charge in [-0.05, 0) is 61.4 Å². The van der Waals surface area contributed by atoms with Crippen LogP contribution in [0.5, 0.6) is 11.5 Å². The normalized spacial score (nSPS) is 13.4. The lowest BCUT2D eigenvalue weighted by Crippen LogP contribution is -2.41. The quantitative estimate of drug-likeness (QED) is 0.233. The Kier molecular flexibility index (Phi) is 8.33. The maximum absolute atomic E-state index is 13.9. The molecule has 1 amide bonds. The first-order valence-corrected chi connectivity index (χ1v) is 13.6. The fourth-order valence-electron chi connectivity index (χ4n) is 5.01. The van der Waals surface area contributed by atoms with Crippen molar-refractivity contribution in [2.75, 3.05) is 20.8 Å².